The molecule has 1 aromatic carbocycles. The maximum Gasteiger partial charge on any atom is 0.0471 e. The van der Waals surface area contributed by atoms with Crippen molar-refractivity contribution in [3.05, 3.63) is 33.8 Å². The quantitative estimate of drug-likeness (QED) is 0.867. The fraction of sp³-hybridized carbons (Fsp3) is 0.647. The lowest BCUT2D eigenvalue weighted by atomic mass is 9.75. The Morgan fingerprint density at radius 1 is 1.14 bits per heavy atom. The molecule has 0 amide bonds. The standard InChI is InChI=1S/C17H26Cl2N2/c1-17(2,3)13-4-6-21(7-5-13)16(11-20)12-8-14(18)10-15(19)9-12/h8-10,13,16H,4-7,11,20H2,1-3H3. The molecule has 1 aliphatic heterocycles. The van der Waals surface area contributed by atoms with Crippen LogP contribution in [0.3, 0.4) is 0 Å². The number of rotatable bonds is 3. The summed E-state index contributed by atoms with van der Waals surface area (Å²) in [5.41, 5.74) is 7.55. The molecule has 0 bridgehead atoms. The summed E-state index contributed by atoms with van der Waals surface area (Å²) in [7, 11) is 0. The summed E-state index contributed by atoms with van der Waals surface area (Å²) in [6.45, 7) is 9.79. The van der Waals surface area contributed by atoms with Gasteiger partial charge in [-0.1, -0.05) is 44.0 Å². The number of hydrogen-bond acceptors (Lipinski definition) is 2. The van der Waals surface area contributed by atoms with Gasteiger partial charge in [-0.3, -0.25) is 4.90 Å². The van der Waals surface area contributed by atoms with E-state index in [0.717, 1.165) is 24.6 Å². The van der Waals surface area contributed by atoms with E-state index in [1.54, 1.807) is 6.07 Å². The van der Waals surface area contributed by atoms with Gasteiger partial charge in [0.1, 0.15) is 0 Å². The van der Waals surface area contributed by atoms with Crippen LogP contribution in [-0.4, -0.2) is 24.5 Å². The molecule has 118 valence electrons. The van der Waals surface area contributed by atoms with Crippen LogP contribution < -0.4 is 5.73 Å². The zero-order chi connectivity index (χ0) is 15.6. The molecule has 1 heterocycles. The maximum absolute atomic E-state index is 6.13. The highest BCUT2D eigenvalue weighted by Crippen LogP contribution is 2.37. The first-order valence-corrected chi connectivity index (χ1v) is 8.47. The van der Waals surface area contributed by atoms with Gasteiger partial charge in [0.25, 0.3) is 0 Å². The van der Waals surface area contributed by atoms with Crippen LogP contribution in [0.4, 0.5) is 0 Å². The van der Waals surface area contributed by atoms with Gasteiger partial charge >= 0.3 is 0 Å². The number of nitrogens with zero attached hydrogens (tertiary/aromatic N) is 1. The maximum atomic E-state index is 6.13. The normalized spacial score (nSPS) is 19.7. The number of halogens is 2. The lowest BCUT2D eigenvalue weighted by molar-refractivity contribution is 0.0846. The largest absolute Gasteiger partial charge is 0.329 e. The summed E-state index contributed by atoms with van der Waals surface area (Å²) in [6.07, 6.45) is 2.46. The fourth-order valence-electron chi connectivity index (χ4n) is 3.34. The number of benzene rings is 1. The third-order valence-electron chi connectivity index (χ3n) is 4.69. The van der Waals surface area contributed by atoms with Gasteiger partial charge in [-0.2, -0.15) is 0 Å². The van der Waals surface area contributed by atoms with E-state index in [1.165, 1.54) is 12.8 Å². The molecule has 1 aromatic rings. The van der Waals surface area contributed by atoms with Crippen molar-refractivity contribution >= 4 is 23.2 Å². The van der Waals surface area contributed by atoms with Gasteiger partial charge in [0.05, 0.1) is 0 Å². The smallest absolute Gasteiger partial charge is 0.0471 e. The van der Waals surface area contributed by atoms with Gasteiger partial charge in [0, 0.05) is 22.6 Å². The molecular weight excluding hydrogens is 303 g/mol. The molecule has 0 spiro atoms. The second-order valence-electron chi connectivity index (χ2n) is 7.13. The average molecular weight is 329 g/mol. The summed E-state index contributed by atoms with van der Waals surface area (Å²) < 4.78 is 0. The summed E-state index contributed by atoms with van der Waals surface area (Å²) in [5, 5.41) is 1.36. The third kappa shape index (κ3) is 4.35. The van der Waals surface area contributed by atoms with E-state index in [0.29, 0.717) is 22.0 Å². The second-order valence-corrected chi connectivity index (χ2v) is 8.00. The molecule has 0 radical (unpaired) electrons. The molecule has 2 rings (SSSR count). The molecule has 1 aliphatic rings. The molecule has 0 aliphatic carbocycles. The second kappa shape index (κ2) is 6.87. The van der Waals surface area contributed by atoms with Crippen LogP contribution in [0, 0.1) is 11.3 Å². The van der Waals surface area contributed by atoms with E-state index < -0.39 is 0 Å². The average Bonchev–Trinajstić information content (AvgIpc) is 2.38. The molecule has 21 heavy (non-hydrogen) atoms. The van der Waals surface area contributed by atoms with Gasteiger partial charge in [-0.25, -0.2) is 0 Å². The molecule has 4 heteroatoms. The van der Waals surface area contributed by atoms with Gasteiger partial charge in [0.15, 0.2) is 0 Å². The van der Waals surface area contributed by atoms with Crippen molar-refractivity contribution in [3.8, 4) is 0 Å². The predicted molar refractivity (Wildman–Crippen MR) is 92.0 cm³/mol. The first kappa shape index (κ1) is 17.1. The van der Waals surface area contributed by atoms with E-state index in [1.807, 2.05) is 12.1 Å². The first-order valence-electron chi connectivity index (χ1n) is 7.71. The number of likely N-dealkylation sites (tertiary alicyclic amines) is 1. The molecule has 2 N–H and O–H groups in total. The van der Waals surface area contributed by atoms with Crippen molar-refractivity contribution in [1.29, 1.82) is 0 Å². The van der Waals surface area contributed by atoms with Crippen LogP contribution in [0.25, 0.3) is 0 Å². The van der Waals surface area contributed by atoms with Crippen molar-refractivity contribution in [2.45, 2.75) is 39.7 Å². The Hall–Kier alpha value is -0.280. The Labute approximate surface area is 138 Å². The molecule has 1 unspecified atom stereocenters. The number of hydrogen-bond donors (Lipinski definition) is 1. The van der Waals surface area contributed by atoms with Crippen LogP contribution in [0.1, 0.15) is 45.2 Å². The monoisotopic (exact) mass is 328 g/mol. The van der Waals surface area contributed by atoms with Crippen molar-refractivity contribution in [1.82, 2.24) is 4.90 Å². The minimum absolute atomic E-state index is 0.210. The first-order chi connectivity index (χ1) is 9.81. The van der Waals surface area contributed by atoms with Gasteiger partial charge in [-0.15, -0.1) is 0 Å². The van der Waals surface area contributed by atoms with E-state index in [2.05, 4.69) is 25.7 Å². The lowest BCUT2D eigenvalue weighted by Crippen LogP contribution is -2.42. The van der Waals surface area contributed by atoms with E-state index in [9.17, 15) is 0 Å². The molecule has 2 nitrogen and oxygen atoms in total. The fourth-order valence-corrected chi connectivity index (χ4v) is 3.88. The predicted octanol–water partition coefficient (Wildman–Crippen LogP) is 4.75. The Bertz CT molecular complexity index is 454. The molecule has 1 saturated heterocycles. The van der Waals surface area contributed by atoms with Crippen molar-refractivity contribution in [2.75, 3.05) is 19.6 Å². The highest BCUT2D eigenvalue weighted by molar-refractivity contribution is 6.34. The zero-order valence-corrected chi connectivity index (χ0v) is 14.7. The van der Waals surface area contributed by atoms with Crippen molar-refractivity contribution in [3.63, 3.8) is 0 Å². The Morgan fingerprint density at radius 3 is 2.10 bits per heavy atom. The molecule has 1 fully saturated rings. The van der Waals surface area contributed by atoms with Gasteiger partial charge in [0.2, 0.25) is 0 Å². The summed E-state index contributed by atoms with van der Waals surface area (Å²) >= 11 is 12.3. The van der Waals surface area contributed by atoms with Crippen LogP contribution in [0.2, 0.25) is 10.0 Å². The lowest BCUT2D eigenvalue weighted by Gasteiger charge is -2.41. The van der Waals surface area contributed by atoms with Crippen molar-refractivity contribution < 1.29 is 0 Å². The summed E-state index contributed by atoms with van der Waals surface area (Å²) in [4.78, 5) is 2.48. The molecular formula is C17H26Cl2N2. The topological polar surface area (TPSA) is 29.3 Å². The zero-order valence-electron chi connectivity index (χ0n) is 13.2. The highest BCUT2D eigenvalue weighted by atomic mass is 35.5. The minimum atomic E-state index is 0.210. The van der Waals surface area contributed by atoms with Crippen molar-refractivity contribution in [2.24, 2.45) is 17.1 Å². The molecule has 0 aromatic heterocycles. The summed E-state index contributed by atoms with van der Waals surface area (Å²) in [6, 6.07) is 5.95. The van der Waals surface area contributed by atoms with Crippen LogP contribution in [0.15, 0.2) is 18.2 Å². The highest BCUT2D eigenvalue weighted by Gasteiger charge is 2.31. The van der Waals surface area contributed by atoms with Crippen LogP contribution in [-0.2, 0) is 0 Å². The number of piperidine rings is 1. The number of nitrogens with two attached hydrogens (primary N) is 1. The van der Waals surface area contributed by atoms with Crippen LogP contribution >= 0.6 is 23.2 Å². The van der Waals surface area contributed by atoms with E-state index in [4.69, 9.17) is 28.9 Å². The Kier molecular flexibility index (Phi) is 5.59. The Morgan fingerprint density at radius 2 is 1.67 bits per heavy atom. The summed E-state index contributed by atoms with van der Waals surface area (Å²) in [5.74, 6) is 0.787. The van der Waals surface area contributed by atoms with E-state index in [-0.39, 0.29) is 6.04 Å². The molecule has 1 atom stereocenters. The third-order valence-corrected chi connectivity index (χ3v) is 5.12. The van der Waals surface area contributed by atoms with Crippen LogP contribution in [0.5, 0.6) is 0 Å². The van der Waals surface area contributed by atoms with Gasteiger partial charge < -0.3 is 5.73 Å². The van der Waals surface area contributed by atoms with Gasteiger partial charge in [-0.05, 0) is 61.0 Å². The van der Waals surface area contributed by atoms with E-state index >= 15 is 0 Å². The Balaban J connectivity index is 2.09. The minimum Gasteiger partial charge on any atom is -0.329 e. The molecule has 0 saturated carbocycles. The SMILES string of the molecule is CC(C)(C)C1CCN(C(CN)c2cc(Cl)cc(Cl)c2)CC1.